The van der Waals surface area contributed by atoms with E-state index in [0.29, 0.717) is 0 Å². The molecule has 0 bridgehead atoms. The molecule has 0 aliphatic rings. The van der Waals surface area contributed by atoms with Gasteiger partial charge in [0.05, 0.1) is 18.0 Å². The van der Waals surface area contributed by atoms with Crippen LogP contribution in [0.5, 0.6) is 0 Å². The molecule has 2 aromatic carbocycles. The molecular weight excluding hydrogens is 402 g/mol. The van der Waals surface area contributed by atoms with E-state index >= 15 is 0 Å². The van der Waals surface area contributed by atoms with Gasteiger partial charge in [-0.2, -0.15) is 0 Å². The Morgan fingerprint density at radius 1 is 0.839 bits per heavy atom. The molecule has 0 radical (unpaired) electrons. The Kier molecular flexibility index (Phi) is 10.7. The second-order valence-corrected chi connectivity index (χ2v) is 8.71. The minimum Gasteiger partial charge on any atom is -0.380 e. The number of H-pyrrole nitrogens is 1. The van der Waals surface area contributed by atoms with E-state index in [1.807, 2.05) is 23.9 Å². The van der Waals surface area contributed by atoms with Gasteiger partial charge >= 0.3 is 0 Å². The van der Waals surface area contributed by atoms with Gasteiger partial charge in [0, 0.05) is 30.0 Å². The summed E-state index contributed by atoms with van der Waals surface area (Å²) in [7, 11) is 0. The van der Waals surface area contributed by atoms with Crippen LogP contribution in [0.15, 0.2) is 65.8 Å². The second kappa shape index (κ2) is 14.1. The van der Waals surface area contributed by atoms with Crippen LogP contribution in [0.25, 0.3) is 22.5 Å². The molecule has 0 spiro atoms. The van der Waals surface area contributed by atoms with Gasteiger partial charge in [0.2, 0.25) is 0 Å². The van der Waals surface area contributed by atoms with Crippen molar-refractivity contribution in [3.05, 3.63) is 60.7 Å². The van der Waals surface area contributed by atoms with Crippen LogP contribution in [0.2, 0.25) is 0 Å². The molecule has 4 nitrogen and oxygen atoms in total. The first-order chi connectivity index (χ1) is 15.4. The molecule has 0 atom stereocenters. The molecule has 0 saturated carbocycles. The molecule has 5 heteroatoms. The van der Waals surface area contributed by atoms with E-state index < -0.39 is 0 Å². The van der Waals surface area contributed by atoms with Gasteiger partial charge < -0.3 is 15.0 Å². The predicted molar refractivity (Wildman–Crippen MR) is 133 cm³/mol. The third-order valence-corrected chi connectivity index (χ3v) is 6.05. The number of benzene rings is 2. The lowest BCUT2D eigenvalue weighted by molar-refractivity contribution is 0.133. The summed E-state index contributed by atoms with van der Waals surface area (Å²) in [6.45, 7) is 5.92. The molecule has 31 heavy (non-hydrogen) atoms. The maximum absolute atomic E-state index is 5.57. The van der Waals surface area contributed by atoms with Crippen LogP contribution in [0, 0.1) is 0 Å². The number of aromatic amines is 1. The molecule has 1 heterocycles. The van der Waals surface area contributed by atoms with Gasteiger partial charge in [0.1, 0.15) is 0 Å². The van der Waals surface area contributed by atoms with Crippen LogP contribution in [0.3, 0.4) is 0 Å². The highest BCUT2D eigenvalue weighted by Gasteiger charge is 2.14. The standard InChI is InChI=1S/C26H35N3OS/c1-2-3-19-30-20-18-27-17-11-6-12-21-31-26-28-24(22-13-7-4-8-14-22)25(29-26)23-15-9-5-10-16-23/h4-5,7-10,13-16,27H,2-3,6,11-12,17-21H2,1H3,(H,28,29). The van der Waals surface area contributed by atoms with Crippen molar-refractivity contribution in [2.75, 3.05) is 32.1 Å². The Morgan fingerprint density at radius 2 is 1.58 bits per heavy atom. The van der Waals surface area contributed by atoms with Crippen molar-refractivity contribution in [1.29, 1.82) is 0 Å². The third-order valence-electron chi connectivity index (χ3n) is 5.09. The number of imidazole rings is 1. The van der Waals surface area contributed by atoms with Gasteiger partial charge in [-0.1, -0.05) is 92.2 Å². The fourth-order valence-electron chi connectivity index (χ4n) is 3.35. The summed E-state index contributed by atoms with van der Waals surface area (Å²) in [6.07, 6.45) is 5.99. The largest absolute Gasteiger partial charge is 0.380 e. The number of hydrogen-bond acceptors (Lipinski definition) is 4. The van der Waals surface area contributed by atoms with Gasteiger partial charge in [-0.25, -0.2) is 4.98 Å². The summed E-state index contributed by atoms with van der Waals surface area (Å²) < 4.78 is 5.57. The Morgan fingerprint density at radius 3 is 2.32 bits per heavy atom. The zero-order chi connectivity index (χ0) is 21.6. The number of nitrogens with zero attached hydrogens (tertiary/aromatic N) is 1. The topological polar surface area (TPSA) is 49.9 Å². The first-order valence-corrected chi connectivity index (χ1v) is 12.5. The molecule has 3 rings (SSSR count). The zero-order valence-electron chi connectivity index (χ0n) is 18.6. The molecule has 2 N–H and O–H groups in total. The van der Waals surface area contributed by atoms with E-state index in [1.165, 1.54) is 31.2 Å². The highest BCUT2D eigenvalue weighted by Crippen LogP contribution is 2.32. The van der Waals surface area contributed by atoms with Crippen molar-refractivity contribution in [3.63, 3.8) is 0 Å². The summed E-state index contributed by atoms with van der Waals surface area (Å²) in [6, 6.07) is 20.9. The highest BCUT2D eigenvalue weighted by molar-refractivity contribution is 7.99. The second-order valence-electron chi connectivity index (χ2n) is 7.62. The molecule has 3 aromatic rings. The number of hydrogen-bond donors (Lipinski definition) is 2. The lowest BCUT2D eigenvalue weighted by atomic mass is 10.1. The van der Waals surface area contributed by atoms with E-state index in [1.54, 1.807) is 0 Å². The van der Waals surface area contributed by atoms with Gasteiger partial charge in [0.25, 0.3) is 0 Å². The monoisotopic (exact) mass is 437 g/mol. The maximum atomic E-state index is 5.57. The van der Waals surface area contributed by atoms with Crippen molar-refractivity contribution < 1.29 is 4.74 Å². The average Bonchev–Trinajstić information content (AvgIpc) is 3.25. The van der Waals surface area contributed by atoms with Crippen molar-refractivity contribution in [2.45, 2.75) is 44.2 Å². The average molecular weight is 438 g/mol. The van der Waals surface area contributed by atoms with E-state index in [4.69, 9.17) is 9.72 Å². The Hall–Kier alpha value is -2.08. The Bertz CT molecular complexity index is 795. The normalized spacial score (nSPS) is 11.1. The van der Waals surface area contributed by atoms with Crippen molar-refractivity contribution >= 4 is 11.8 Å². The van der Waals surface area contributed by atoms with Gasteiger partial charge in [-0.05, 0) is 25.8 Å². The maximum Gasteiger partial charge on any atom is 0.166 e. The number of aromatic nitrogens is 2. The highest BCUT2D eigenvalue weighted by atomic mass is 32.2. The van der Waals surface area contributed by atoms with E-state index in [9.17, 15) is 0 Å². The molecule has 166 valence electrons. The SMILES string of the molecule is CCCCOCCNCCCCCSc1nc(-c2ccccc2)c(-c2ccccc2)[nH]1. The smallest absolute Gasteiger partial charge is 0.166 e. The molecular formula is C26H35N3OS. The Labute approximate surface area is 191 Å². The van der Waals surface area contributed by atoms with Crippen LogP contribution in [0.4, 0.5) is 0 Å². The summed E-state index contributed by atoms with van der Waals surface area (Å²) in [5, 5.41) is 4.47. The van der Waals surface area contributed by atoms with Gasteiger partial charge in [-0.15, -0.1) is 0 Å². The first-order valence-electron chi connectivity index (χ1n) is 11.5. The van der Waals surface area contributed by atoms with Crippen LogP contribution < -0.4 is 5.32 Å². The molecule has 1 aromatic heterocycles. The summed E-state index contributed by atoms with van der Waals surface area (Å²) >= 11 is 1.82. The van der Waals surface area contributed by atoms with Crippen LogP contribution in [0.1, 0.15) is 39.0 Å². The number of nitrogens with one attached hydrogen (secondary N) is 2. The molecule has 0 fully saturated rings. The van der Waals surface area contributed by atoms with E-state index in [0.717, 1.165) is 60.6 Å². The molecule has 0 aliphatic heterocycles. The quantitative estimate of drug-likeness (QED) is 0.213. The van der Waals surface area contributed by atoms with E-state index in [2.05, 4.69) is 65.8 Å². The number of rotatable bonds is 15. The minimum atomic E-state index is 0.821. The zero-order valence-corrected chi connectivity index (χ0v) is 19.4. The van der Waals surface area contributed by atoms with Crippen molar-refractivity contribution in [3.8, 4) is 22.5 Å². The molecule has 0 aliphatic carbocycles. The predicted octanol–water partition coefficient (Wildman–Crippen LogP) is 6.41. The Balaban J connectivity index is 1.41. The van der Waals surface area contributed by atoms with Crippen molar-refractivity contribution in [2.24, 2.45) is 0 Å². The first kappa shape index (κ1) is 23.6. The number of unbranched alkanes of at least 4 members (excludes halogenated alkanes) is 3. The lowest BCUT2D eigenvalue weighted by Crippen LogP contribution is -2.21. The van der Waals surface area contributed by atoms with Crippen LogP contribution in [-0.2, 0) is 4.74 Å². The lowest BCUT2D eigenvalue weighted by Gasteiger charge is -2.05. The van der Waals surface area contributed by atoms with Gasteiger partial charge in [-0.3, -0.25) is 0 Å². The summed E-state index contributed by atoms with van der Waals surface area (Å²) in [5.74, 6) is 1.08. The molecule has 0 unspecified atom stereocenters. The molecule has 0 amide bonds. The number of ether oxygens (including phenoxy) is 1. The van der Waals surface area contributed by atoms with Crippen molar-refractivity contribution in [1.82, 2.24) is 15.3 Å². The van der Waals surface area contributed by atoms with Crippen LogP contribution in [-0.4, -0.2) is 42.0 Å². The summed E-state index contributed by atoms with van der Waals surface area (Å²) in [5.41, 5.74) is 4.44. The molecule has 0 saturated heterocycles. The van der Waals surface area contributed by atoms with Gasteiger partial charge in [0.15, 0.2) is 5.16 Å². The third kappa shape index (κ3) is 8.17. The number of thioether (sulfide) groups is 1. The minimum absolute atomic E-state index is 0.821. The van der Waals surface area contributed by atoms with Crippen LogP contribution >= 0.6 is 11.8 Å². The van der Waals surface area contributed by atoms with E-state index in [-0.39, 0.29) is 0 Å². The fourth-order valence-corrected chi connectivity index (χ4v) is 4.23. The fraction of sp³-hybridized carbons (Fsp3) is 0.423. The summed E-state index contributed by atoms with van der Waals surface area (Å²) in [4.78, 5) is 8.49.